The average molecular weight is 260 g/mol. The van der Waals surface area contributed by atoms with E-state index >= 15 is 0 Å². The summed E-state index contributed by atoms with van der Waals surface area (Å²) in [6, 6.07) is 9.51. The largest absolute Gasteiger partial charge is 0.508 e. The Kier molecular flexibility index (Phi) is 3.71. The van der Waals surface area contributed by atoms with Crippen LogP contribution in [-0.2, 0) is 0 Å². The molecule has 0 heterocycles. The predicted octanol–water partition coefficient (Wildman–Crippen LogP) is 3.57. The summed E-state index contributed by atoms with van der Waals surface area (Å²) >= 11 is 0. The van der Waals surface area contributed by atoms with Gasteiger partial charge in [0, 0.05) is 11.1 Å². The summed E-state index contributed by atoms with van der Waals surface area (Å²) in [5, 5.41) is 9.24. The fraction of sp³-hybridized carbons (Fsp3) is 0. The zero-order chi connectivity index (χ0) is 13.8. The summed E-state index contributed by atoms with van der Waals surface area (Å²) in [5.41, 5.74) is 0.265. The minimum absolute atomic E-state index is 0.00602. The third kappa shape index (κ3) is 3.04. The molecule has 0 saturated heterocycles. The summed E-state index contributed by atoms with van der Waals surface area (Å²) in [4.78, 5) is 11.8. The van der Waals surface area contributed by atoms with Crippen molar-refractivity contribution in [3.63, 3.8) is 0 Å². The molecule has 4 heteroatoms. The van der Waals surface area contributed by atoms with Gasteiger partial charge in [0.2, 0.25) is 0 Å². The molecule has 0 unspecified atom stereocenters. The first-order chi connectivity index (χ1) is 9.08. The molecular weight excluding hydrogens is 250 g/mol. The van der Waals surface area contributed by atoms with E-state index in [0.717, 1.165) is 12.1 Å². The number of ketones is 1. The van der Waals surface area contributed by atoms with E-state index in [1.165, 1.54) is 42.5 Å². The maximum Gasteiger partial charge on any atom is 0.185 e. The van der Waals surface area contributed by atoms with E-state index < -0.39 is 17.4 Å². The molecule has 0 aromatic heterocycles. The van der Waals surface area contributed by atoms with Crippen molar-refractivity contribution in [1.82, 2.24) is 0 Å². The van der Waals surface area contributed by atoms with Gasteiger partial charge in [0.05, 0.1) is 0 Å². The lowest BCUT2D eigenvalue weighted by atomic mass is 10.1. The molecule has 0 saturated carbocycles. The number of phenolic OH excluding ortho intramolecular Hbond substituents is 1. The van der Waals surface area contributed by atoms with E-state index in [-0.39, 0.29) is 16.9 Å². The molecule has 1 N–H and O–H groups in total. The molecular formula is C15H10F2O2. The second-order valence-electron chi connectivity index (χ2n) is 3.89. The monoisotopic (exact) mass is 260 g/mol. The molecule has 0 atom stereocenters. The zero-order valence-corrected chi connectivity index (χ0v) is 9.81. The number of aromatic hydroxyl groups is 1. The van der Waals surface area contributed by atoms with Gasteiger partial charge in [0.25, 0.3) is 0 Å². The minimum atomic E-state index is -0.998. The van der Waals surface area contributed by atoms with Crippen LogP contribution in [0.5, 0.6) is 5.75 Å². The SMILES string of the molecule is O=C(C=Cc1cccc(F)c1F)c1cccc(O)c1. The van der Waals surface area contributed by atoms with Crippen LogP contribution in [0.15, 0.2) is 48.5 Å². The highest BCUT2D eigenvalue weighted by molar-refractivity contribution is 6.07. The molecule has 0 aliphatic rings. The lowest BCUT2D eigenvalue weighted by Crippen LogP contribution is -1.94. The Bertz CT molecular complexity index is 648. The Morgan fingerprint density at radius 2 is 1.84 bits per heavy atom. The second-order valence-corrected chi connectivity index (χ2v) is 3.89. The van der Waals surface area contributed by atoms with Crippen molar-refractivity contribution in [3.8, 4) is 5.75 Å². The van der Waals surface area contributed by atoms with Crippen LogP contribution in [0.2, 0.25) is 0 Å². The molecule has 2 rings (SSSR count). The fourth-order valence-corrected chi connectivity index (χ4v) is 1.57. The Morgan fingerprint density at radius 3 is 2.58 bits per heavy atom. The van der Waals surface area contributed by atoms with E-state index in [1.54, 1.807) is 0 Å². The Hall–Kier alpha value is -2.49. The van der Waals surface area contributed by atoms with Gasteiger partial charge >= 0.3 is 0 Å². The van der Waals surface area contributed by atoms with Crippen LogP contribution in [0.4, 0.5) is 8.78 Å². The molecule has 0 bridgehead atoms. The second kappa shape index (κ2) is 5.44. The Labute approximate surface area is 108 Å². The molecule has 0 radical (unpaired) electrons. The van der Waals surface area contributed by atoms with Gasteiger partial charge in [-0.1, -0.05) is 24.3 Å². The van der Waals surface area contributed by atoms with Gasteiger partial charge < -0.3 is 5.11 Å². The summed E-state index contributed by atoms with van der Waals surface area (Å²) in [6.45, 7) is 0. The highest BCUT2D eigenvalue weighted by atomic mass is 19.2. The van der Waals surface area contributed by atoms with Crippen LogP contribution in [-0.4, -0.2) is 10.9 Å². The van der Waals surface area contributed by atoms with E-state index in [1.807, 2.05) is 0 Å². The molecule has 0 aliphatic carbocycles. The third-order valence-electron chi connectivity index (χ3n) is 2.53. The van der Waals surface area contributed by atoms with Gasteiger partial charge in [-0.25, -0.2) is 8.78 Å². The summed E-state index contributed by atoms with van der Waals surface area (Å²) < 4.78 is 26.3. The third-order valence-corrected chi connectivity index (χ3v) is 2.53. The summed E-state index contributed by atoms with van der Waals surface area (Å²) in [7, 11) is 0. The lowest BCUT2D eigenvalue weighted by molar-refractivity contribution is 0.104. The smallest absolute Gasteiger partial charge is 0.185 e. The number of halogens is 2. The number of rotatable bonds is 3. The summed E-state index contributed by atoms with van der Waals surface area (Å²) in [6.07, 6.45) is 2.33. The molecule has 2 nitrogen and oxygen atoms in total. The van der Waals surface area contributed by atoms with E-state index in [9.17, 15) is 18.7 Å². The quantitative estimate of drug-likeness (QED) is 0.676. The number of benzene rings is 2. The number of carbonyl (C=O) groups is 1. The van der Waals surface area contributed by atoms with Gasteiger partial charge in [0.1, 0.15) is 5.75 Å². The van der Waals surface area contributed by atoms with Gasteiger partial charge in [-0.2, -0.15) is 0 Å². The number of hydrogen-bond acceptors (Lipinski definition) is 2. The lowest BCUT2D eigenvalue weighted by Gasteiger charge is -1.98. The van der Waals surface area contributed by atoms with Gasteiger partial charge in [0.15, 0.2) is 17.4 Å². The first-order valence-electron chi connectivity index (χ1n) is 5.53. The van der Waals surface area contributed by atoms with Gasteiger partial charge in [-0.15, -0.1) is 0 Å². The molecule has 0 amide bonds. The van der Waals surface area contributed by atoms with Crippen LogP contribution >= 0.6 is 0 Å². The van der Waals surface area contributed by atoms with E-state index in [2.05, 4.69) is 0 Å². The number of hydrogen-bond donors (Lipinski definition) is 1. The van der Waals surface area contributed by atoms with Crippen LogP contribution in [0.25, 0.3) is 6.08 Å². The first-order valence-corrected chi connectivity index (χ1v) is 5.53. The molecule has 19 heavy (non-hydrogen) atoms. The molecule has 96 valence electrons. The average Bonchev–Trinajstić information content (AvgIpc) is 2.40. The minimum Gasteiger partial charge on any atom is -0.508 e. The predicted molar refractivity (Wildman–Crippen MR) is 67.8 cm³/mol. The highest BCUT2D eigenvalue weighted by Crippen LogP contribution is 2.15. The highest BCUT2D eigenvalue weighted by Gasteiger charge is 2.06. The molecule has 0 aliphatic heterocycles. The van der Waals surface area contributed by atoms with Crippen molar-refractivity contribution < 1.29 is 18.7 Å². The van der Waals surface area contributed by atoms with Crippen LogP contribution in [0.3, 0.4) is 0 Å². The van der Waals surface area contributed by atoms with Crippen LogP contribution < -0.4 is 0 Å². The van der Waals surface area contributed by atoms with Gasteiger partial charge in [-0.3, -0.25) is 4.79 Å². The zero-order valence-electron chi connectivity index (χ0n) is 9.81. The summed E-state index contributed by atoms with van der Waals surface area (Å²) in [5.74, 6) is -2.40. The van der Waals surface area contributed by atoms with Crippen LogP contribution in [0, 0.1) is 11.6 Å². The molecule has 0 fully saturated rings. The molecule has 2 aromatic carbocycles. The first kappa shape index (κ1) is 13.0. The molecule has 0 spiro atoms. The molecule has 2 aromatic rings. The fourth-order valence-electron chi connectivity index (χ4n) is 1.57. The Morgan fingerprint density at radius 1 is 1.11 bits per heavy atom. The van der Waals surface area contributed by atoms with Crippen LogP contribution in [0.1, 0.15) is 15.9 Å². The number of carbonyl (C=O) groups excluding carboxylic acids is 1. The maximum atomic E-state index is 13.3. The maximum absolute atomic E-state index is 13.3. The van der Waals surface area contributed by atoms with Crippen molar-refractivity contribution in [3.05, 3.63) is 71.3 Å². The van der Waals surface area contributed by atoms with E-state index in [4.69, 9.17) is 0 Å². The number of phenols is 1. The van der Waals surface area contributed by atoms with E-state index in [0.29, 0.717) is 0 Å². The van der Waals surface area contributed by atoms with Crippen molar-refractivity contribution in [2.24, 2.45) is 0 Å². The van der Waals surface area contributed by atoms with Gasteiger partial charge in [-0.05, 0) is 30.4 Å². The normalized spacial score (nSPS) is 10.8. The van der Waals surface area contributed by atoms with Crippen molar-refractivity contribution >= 4 is 11.9 Å². The standard InChI is InChI=1S/C15H10F2O2/c16-13-6-2-3-10(15(13)17)7-8-14(19)11-4-1-5-12(18)9-11/h1-9,18H. The Balaban J connectivity index is 2.23. The van der Waals surface area contributed by atoms with Crippen molar-refractivity contribution in [2.75, 3.05) is 0 Å². The van der Waals surface area contributed by atoms with Crippen molar-refractivity contribution in [2.45, 2.75) is 0 Å². The topological polar surface area (TPSA) is 37.3 Å². The number of allylic oxidation sites excluding steroid dienone is 1. The van der Waals surface area contributed by atoms with Crippen molar-refractivity contribution in [1.29, 1.82) is 0 Å².